The van der Waals surface area contributed by atoms with E-state index in [9.17, 15) is 5.11 Å². The molecule has 0 spiro atoms. The van der Waals surface area contributed by atoms with Gasteiger partial charge in [-0.15, -0.1) is 0 Å². The summed E-state index contributed by atoms with van der Waals surface area (Å²) in [6.07, 6.45) is 4.39. The molecule has 0 saturated heterocycles. The molecule has 1 aromatic carbocycles. The summed E-state index contributed by atoms with van der Waals surface area (Å²) in [6, 6.07) is 4.24. The molecule has 0 aliphatic carbocycles. The van der Waals surface area contributed by atoms with Crippen molar-refractivity contribution in [3.63, 3.8) is 0 Å². The van der Waals surface area contributed by atoms with Gasteiger partial charge >= 0.3 is 0 Å². The molecule has 1 rings (SSSR count). The summed E-state index contributed by atoms with van der Waals surface area (Å²) in [5.41, 5.74) is 3.21. The highest BCUT2D eigenvalue weighted by Crippen LogP contribution is 2.40. The lowest BCUT2D eigenvalue weighted by Gasteiger charge is -2.28. The molecule has 0 saturated carbocycles. The summed E-state index contributed by atoms with van der Waals surface area (Å²) in [4.78, 5) is 0. The number of aromatic hydroxyl groups is 1. The van der Waals surface area contributed by atoms with Crippen LogP contribution in [0.25, 0.3) is 6.08 Å². The van der Waals surface area contributed by atoms with Gasteiger partial charge in [-0.2, -0.15) is 0 Å². The van der Waals surface area contributed by atoms with Crippen LogP contribution in [0.5, 0.6) is 5.75 Å². The third-order valence-corrected chi connectivity index (χ3v) is 3.52. The number of hydrogen-bond donors (Lipinski definition) is 1. The van der Waals surface area contributed by atoms with Gasteiger partial charge in [0.25, 0.3) is 0 Å². The normalized spacial score (nSPS) is 14.0. The van der Waals surface area contributed by atoms with E-state index < -0.39 is 0 Å². The van der Waals surface area contributed by atoms with E-state index >= 15 is 0 Å². The first kappa shape index (κ1) is 17.8. The monoisotopic (exact) mass is 288 g/mol. The maximum absolute atomic E-state index is 10.7. The van der Waals surface area contributed by atoms with Crippen LogP contribution < -0.4 is 0 Å². The lowest BCUT2D eigenvalue weighted by molar-refractivity contribution is 0.423. The van der Waals surface area contributed by atoms with Crippen molar-refractivity contribution in [2.45, 2.75) is 73.1 Å². The van der Waals surface area contributed by atoms with Gasteiger partial charge in [-0.25, -0.2) is 0 Å². The van der Waals surface area contributed by atoms with Gasteiger partial charge in [-0.3, -0.25) is 0 Å². The van der Waals surface area contributed by atoms with E-state index in [1.807, 2.05) is 0 Å². The molecular weight excluding hydrogens is 256 g/mol. The van der Waals surface area contributed by atoms with Crippen molar-refractivity contribution in [1.29, 1.82) is 0 Å². The van der Waals surface area contributed by atoms with Gasteiger partial charge < -0.3 is 5.11 Å². The van der Waals surface area contributed by atoms with Crippen LogP contribution in [-0.2, 0) is 10.8 Å². The third-order valence-electron chi connectivity index (χ3n) is 3.52. The minimum atomic E-state index is -0.0737. The molecule has 0 aliphatic heterocycles. The van der Waals surface area contributed by atoms with Gasteiger partial charge in [0.15, 0.2) is 0 Å². The fourth-order valence-electron chi connectivity index (χ4n) is 2.24. The van der Waals surface area contributed by atoms with Gasteiger partial charge in [0.1, 0.15) is 5.75 Å². The standard InChI is InChI=1S/C20H32O/c1-18(2,3)11-10-14-12-15(19(4,5)6)17(21)16(13-14)20(7,8)9/h10-13,21H,1-9H3. The second-order valence-corrected chi connectivity index (χ2v) is 9.16. The lowest BCUT2D eigenvalue weighted by Crippen LogP contribution is -2.17. The number of phenolic OH excluding ortho intramolecular Hbond substituents is 1. The smallest absolute Gasteiger partial charge is 0.123 e. The summed E-state index contributed by atoms with van der Waals surface area (Å²) < 4.78 is 0. The molecule has 1 N–H and O–H groups in total. The van der Waals surface area contributed by atoms with Crippen molar-refractivity contribution in [3.05, 3.63) is 34.9 Å². The summed E-state index contributed by atoms with van der Waals surface area (Å²) in [7, 11) is 0. The van der Waals surface area contributed by atoms with Crippen LogP contribution in [0.15, 0.2) is 18.2 Å². The van der Waals surface area contributed by atoms with E-state index in [2.05, 4.69) is 86.6 Å². The molecule has 1 nitrogen and oxygen atoms in total. The summed E-state index contributed by atoms with van der Waals surface area (Å²) in [5, 5.41) is 10.7. The van der Waals surface area contributed by atoms with Gasteiger partial charge in [0, 0.05) is 11.1 Å². The molecule has 0 radical (unpaired) electrons. The van der Waals surface area contributed by atoms with Crippen LogP contribution in [0.2, 0.25) is 0 Å². The number of allylic oxidation sites excluding steroid dienone is 1. The van der Waals surface area contributed by atoms with Crippen LogP contribution in [0.3, 0.4) is 0 Å². The van der Waals surface area contributed by atoms with Gasteiger partial charge in [-0.1, -0.05) is 74.5 Å². The van der Waals surface area contributed by atoms with Crippen LogP contribution >= 0.6 is 0 Å². The fraction of sp³-hybridized carbons (Fsp3) is 0.600. The predicted molar refractivity (Wildman–Crippen MR) is 94.0 cm³/mol. The maximum atomic E-state index is 10.7. The zero-order valence-corrected chi connectivity index (χ0v) is 15.3. The first-order valence-corrected chi connectivity index (χ1v) is 7.79. The van der Waals surface area contributed by atoms with E-state index in [1.165, 1.54) is 0 Å². The van der Waals surface area contributed by atoms with Crippen molar-refractivity contribution in [2.24, 2.45) is 5.41 Å². The Labute approximate surface area is 131 Å². The van der Waals surface area contributed by atoms with E-state index in [0.717, 1.165) is 16.7 Å². The average molecular weight is 288 g/mol. The Kier molecular flexibility index (Phi) is 4.68. The Morgan fingerprint density at radius 3 is 1.43 bits per heavy atom. The second-order valence-electron chi connectivity index (χ2n) is 9.16. The first-order chi connectivity index (χ1) is 9.22. The molecular formula is C20H32O. The van der Waals surface area contributed by atoms with Crippen molar-refractivity contribution >= 4 is 6.08 Å². The van der Waals surface area contributed by atoms with Crippen molar-refractivity contribution in [3.8, 4) is 5.75 Å². The molecule has 118 valence electrons. The Bertz CT molecular complexity index is 493. The molecule has 0 aromatic heterocycles. The number of hydrogen-bond acceptors (Lipinski definition) is 1. The molecule has 0 unspecified atom stereocenters. The second kappa shape index (κ2) is 5.51. The van der Waals surface area contributed by atoms with Crippen LogP contribution in [0.4, 0.5) is 0 Å². The van der Waals surface area contributed by atoms with Gasteiger partial charge in [0.2, 0.25) is 0 Å². The molecule has 21 heavy (non-hydrogen) atoms. The zero-order chi connectivity index (χ0) is 16.6. The highest BCUT2D eigenvalue weighted by molar-refractivity contribution is 5.59. The fourth-order valence-corrected chi connectivity index (χ4v) is 2.24. The van der Waals surface area contributed by atoms with E-state index in [4.69, 9.17) is 0 Å². The number of benzene rings is 1. The molecule has 0 aliphatic rings. The van der Waals surface area contributed by atoms with Crippen molar-refractivity contribution < 1.29 is 5.11 Å². The quantitative estimate of drug-likeness (QED) is 0.667. The van der Waals surface area contributed by atoms with E-state index in [-0.39, 0.29) is 16.2 Å². The number of phenols is 1. The minimum Gasteiger partial charge on any atom is -0.507 e. The average Bonchev–Trinajstić information content (AvgIpc) is 2.23. The van der Waals surface area contributed by atoms with Crippen molar-refractivity contribution in [1.82, 2.24) is 0 Å². The zero-order valence-electron chi connectivity index (χ0n) is 15.3. The summed E-state index contributed by atoms with van der Waals surface area (Å²) in [6.45, 7) is 19.4. The Hall–Kier alpha value is -1.24. The SMILES string of the molecule is CC(C)(C)C=Cc1cc(C(C)(C)C)c(O)c(C(C)(C)C)c1. The third kappa shape index (κ3) is 4.91. The van der Waals surface area contributed by atoms with E-state index in [1.54, 1.807) is 0 Å². The Morgan fingerprint density at radius 1 is 0.762 bits per heavy atom. The van der Waals surface area contributed by atoms with Gasteiger partial charge in [0.05, 0.1) is 0 Å². The number of rotatable bonds is 1. The largest absolute Gasteiger partial charge is 0.507 e. The predicted octanol–water partition coefficient (Wildman–Crippen LogP) is 6.05. The minimum absolute atomic E-state index is 0.0737. The molecule has 0 amide bonds. The Balaban J connectivity index is 3.52. The maximum Gasteiger partial charge on any atom is 0.123 e. The molecule has 0 bridgehead atoms. The lowest BCUT2D eigenvalue weighted by atomic mass is 9.78. The van der Waals surface area contributed by atoms with Crippen molar-refractivity contribution in [2.75, 3.05) is 0 Å². The Morgan fingerprint density at radius 2 is 1.14 bits per heavy atom. The first-order valence-electron chi connectivity index (χ1n) is 7.79. The molecule has 0 heterocycles. The molecule has 0 atom stereocenters. The molecule has 1 aromatic rings. The van der Waals surface area contributed by atoms with Gasteiger partial charge in [-0.05, 0) is 33.9 Å². The summed E-state index contributed by atoms with van der Waals surface area (Å²) >= 11 is 0. The highest BCUT2D eigenvalue weighted by atomic mass is 16.3. The van der Waals surface area contributed by atoms with Crippen LogP contribution in [-0.4, -0.2) is 5.11 Å². The molecule has 0 fully saturated rings. The summed E-state index contributed by atoms with van der Waals surface area (Å²) in [5.74, 6) is 0.447. The molecule has 1 heteroatoms. The highest BCUT2D eigenvalue weighted by Gasteiger charge is 2.26. The van der Waals surface area contributed by atoms with E-state index in [0.29, 0.717) is 5.75 Å². The van der Waals surface area contributed by atoms with Crippen LogP contribution in [0, 0.1) is 5.41 Å². The van der Waals surface area contributed by atoms with Crippen LogP contribution in [0.1, 0.15) is 79.0 Å². The topological polar surface area (TPSA) is 20.2 Å².